The molecule has 9 heteroatoms. The normalized spacial score (nSPS) is 12.7. The van der Waals surface area contributed by atoms with Gasteiger partial charge in [0.05, 0.1) is 11.6 Å². The van der Waals surface area contributed by atoms with Crippen molar-refractivity contribution >= 4 is 5.91 Å². The van der Waals surface area contributed by atoms with Gasteiger partial charge in [0.25, 0.3) is 11.5 Å². The Balaban J connectivity index is 2.24. The number of amides is 1. The van der Waals surface area contributed by atoms with Crippen molar-refractivity contribution in [1.82, 2.24) is 15.5 Å². The number of H-pyrrole nitrogens is 1. The molecule has 2 rings (SSSR count). The molecule has 2 aromatic rings. The molecule has 0 radical (unpaired) electrons. The highest BCUT2D eigenvalue weighted by Crippen LogP contribution is 2.33. The van der Waals surface area contributed by atoms with Gasteiger partial charge in [0.15, 0.2) is 0 Å². The Morgan fingerprint density at radius 3 is 2.52 bits per heavy atom. The highest BCUT2D eigenvalue weighted by Gasteiger charge is 2.35. The summed E-state index contributed by atoms with van der Waals surface area (Å²) < 4.78 is 52.0. The number of hydrogen-bond donors (Lipinski definition) is 2. The van der Waals surface area contributed by atoms with Gasteiger partial charge in [0, 0.05) is 11.6 Å². The third kappa shape index (κ3) is 3.74. The van der Waals surface area contributed by atoms with Crippen molar-refractivity contribution in [1.29, 1.82) is 0 Å². The molecule has 2 N–H and O–H groups in total. The molecule has 1 aromatic heterocycles. The van der Waals surface area contributed by atoms with E-state index in [1.807, 2.05) is 5.10 Å². The van der Waals surface area contributed by atoms with Gasteiger partial charge in [0.2, 0.25) is 0 Å². The summed E-state index contributed by atoms with van der Waals surface area (Å²) in [6.07, 6.45) is -4.83. The summed E-state index contributed by atoms with van der Waals surface area (Å²) >= 11 is 0. The Morgan fingerprint density at radius 1 is 1.26 bits per heavy atom. The maximum absolute atomic E-state index is 14.0. The first kappa shape index (κ1) is 16.7. The zero-order valence-corrected chi connectivity index (χ0v) is 11.7. The van der Waals surface area contributed by atoms with Crippen molar-refractivity contribution in [3.05, 3.63) is 63.3 Å². The van der Waals surface area contributed by atoms with Gasteiger partial charge in [-0.2, -0.15) is 18.3 Å². The molecule has 122 valence electrons. The molecule has 0 saturated heterocycles. The summed E-state index contributed by atoms with van der Waals surface area (Å²) in [5.74, 6) is -2.20. The minimum atomic E-state index is -4.83. The summed E-state index contributed by atoms with van der Waals surface area (Å²) in [6, 6.07) is 4.01. The predicted octanol–water partition coefficient (Wildman–Crippen LogP) is 2.42. The third-order valence-electron chi connectivity index (χ3n) is 3.06. The van der Waals surface area contributed by atoms with Crippen LogP contribution in [0.4, 0.5) is 17.6 Å². The molecular weight excluding hydrogens is 318 g/mol. The van der Waals surface area contributed by atoms with Gasteiger partial charge < -0.3 is 5.32 Å². The lowest BCUT2D eigenvalue weighted by Gasteiger charge is -2.17. The number of rotatable bonds is 3. The van der Waals surface area contributed by atoms with Crippen LogP contribution in [0.3, 0.4) is 0 Å². The lowest BCUT2D eigenvalue weighted by atomic mass is 10.0. The van der Waals surface area contributed by atoms with Crippen molar-refractivity contribution in [3.8, 4) is 0 Å². The van der Waals surface area contributed by atoms with E-state index in [0.29, 0.717) is 6.07 Å². The molecule has 5 nitrogen and oxygen atoms in total. The van der Waals surface area contributed by atoms with Crippen molar-refractivity contribution in [2.75, 3.05) is 0 Å². The summed E-state index contributed by atoms with van der Waals surface area (Å²) in [7, 11) is 0. The second-order valence-electron chi connectivity index (χ2n) is 4.71. The largest absolute Gasteiger partial charge is 0.419 e. The van der Waals surface area contributed by atoms with Crippen LogP contribution in [0.15, 0.2) is 35.1 Å². The van der Waals surface area contributed by atoms with E-state index in [0.717, 1.165) is 24.3 Å². The van der Waals surface area contributed by atoms with Crippen LogP contribution in [0, 0.1) is 5.82 Å². The van der Waals surface area contributed by atoms with Crippen LogP contribution in [0.25, 0.3) is 0 Å². The lowest BCUT2D eigenvalue weighted by Crippen LogP contribution is -2.29. The molecule has 0 fully saturated rings. The van der Waals surface area contributed by atoms with Gasteiger partial charge in [-0.1, -0.05) is 12.1 Å². The predicted molar refractivity (Wildman–Crippen MR) is 72.1 cm³/mol. The smallest absolute Gasteiger partial charge is 0.344 e. The van der Waals surface area contributed by atoms with E-state index < -0.39 is 35.1 Å². The van der Waals surface area contributed by atoms with Crippen LogP contribution < -0.4 is 10.9 Å². The Labute approximate surface area is 127 Å². The molecule has 0 unspecified atom stereocenters. The fourth-order valence-electron chi connectivity index (χ4n) is 1.92. The van der Waals surface area contributed by atoms with Gasteiger partial charge in [0.1, 0.15) is 11.5 Å². The molecule has 0 saturated carbocycles. The first-order chi connectivity index (χ1) is 10.7. The Morgan fingerprint density at radius 2 is 1.96 bits per heavy atom. The number of aromatic nitrogens is 2. The number of carbonyl (C=O) groups is 1. The average Bonchev–Trinajstić information content (AvgIpc) is 2.46. The minimum Gasteiger partial charge on any atom is -0.344 e. The van der Waals surface area contributed by atoms with Gasteiger partial charge in [-0.25, -0.2) is 9.49 Å². The molecule has 1 heterocycles. The van der Waals surface area contributed by atoms with E-state index in [1.54, 1.807) is 0 Å². The quantitative estimate of drug-likeness (QED) is 0.849. The van der Waals surface area contributed by atoms with Crippen LogP contribution in [-0.4, -0.2) is 16.1 Å². The summed E-state index contributed by atoms with van der Waals surface area (Å²) in [6.45, 7) is 1.34. The van der Waals surface area contributed by atoms with Gasteiger partial charge in [-0.3, -0.25) is 9.59 Å². The maximum atomic E-state index is 14.0. The first-order valence-electron chi connectivity index (χ1n) is 6.42. The molecule has 0 aliphatic rings. The van der Waals surface area contributed by atoms with Crippen LogP contribution in [0.2, 0.25) is 0 Å². The second kappa shape index (κ2) is 6.19. The fourth-order valence-corrected chi connectivity index (χ4v) is 1.92. The number of benzene rings is 1. The summed E-state index contributed by atoms with van der Waals surface area (Å²) in [5.41, 5.74) is -2.38. The van der Waals surface area contributed by atoms with E-state index >= 15 is 0 Å². The van der Waals surface area contributed by atoms with Crippen molar-refractivity contribution in [2.24, 2.45) is 0 Å². The number of halogens is 4. The number of nitrogens with zero attached hydrogens (tertiary/aromatic N) is 1. The molecule has 23 heavy (non-hydrogen) atoms. The van der Waals surface area contributed by atoms with Gasteiger partial charge >= 0.3 is 6.18 Å². The van der Waals surface area contributed by atoms with Gasteiger partial charge in [-0.05, 0) is 19.1 Å². The monoisotopic (exact) mass is 329 g/mol. The molecule has 0 bridgehead atoms. The maximum Gasteiger partial charge on any atom is 0.419 e. The van der Waals surface area contributed by atoms with E-state index in [9.17, 15) is 27.2 Å². The van der Waals surface area contributed by atoms with Crippen molar-refractivity contribution in [2.45, 2.75) is 19.1 Å². The first-order valence-corrected chi connectivity index (χ1v) is 6.42. The highest BCUT2D eigenvalue weighted by molar-refractivity contribution is 5.92. The van der Waals surface area contributed by atoms with Crippen molar-refractivity contribution in [3.63, 3.8) is 0 Å². The van der Waals surface area contributed by atoms with Crippen LogP contribution in [0.1, 0.15) is 34.6 Å². The average molecular weight is 329 g/mol. The van der Waals surface area contributed by atoms with E-state index in [1.165, 1.54) is 6.92 Å². The SMILES string of the molecule is C[C@@H](NC(=O)c1ccc(=O)[nH]n1)c1cccc(C(F)(F)F)c1F. The van der Waals surface area contributed by atoms with E-state index in [4.69, 9.17) is 0 Å². The Bertz CT molecular complexity index is 766. The molecular formula is C14H11F4N3O2. The topological polar surface area (TPSA) is 74.8 Å². The Kier molecular flexibility index (Phi) is 4.48. The number of alkyl halides is 3. The lowest BCUT2D eigenvalue weighted by molar-refractivity contribution is -0.140. The van der Waals surface area contributed by atoms with E-state index in [-0.39, 0.29) is 11.3 Å². The Hall–Kier alpha value is -2.71. The number of aromatic amines is 1. The minimum absolute atomic E-state index is 0.149. The van der Waals surface area contributed by atoms with Crippen molar-refractivity contribution < 1.29 is 22.4 Å². The molecule has 0 aliphatic carbocycles. The molecule has 1 amide bonds. The molecule has 1 aromatic carbocycles. The van der Waals surface area contributed by atoms with Crippen LogP contribution in [0.5, 0.6) is 0 Å². The number of hydrogen-bond acceptors (Lipinski definition) is 3. The third-order valence-corrected chi connectivity index (χ3v) is 3.06. The number of nitrogens with one attached hydrogen (secondary N) is 2. The molecule has 1 atom stereocenters. The highest BCUT2D eigenvalue weighted by atomic mass is 19.4. The fraction of sp³-hybridized carbons (Fsp3) is 0.214. The van der Waals surface area contributed by atoms with Crippen LogP contribution >= 0.6 is 0 Å². The zero-order valence-electron chi connectivity index (χ0n) is 11.7. The van der Waals surface area contributed by atoms with Gasteiger partial charge in [-0.15, -0.1) is 0 Å². The van der Waals surface area contributed by atoms with Crippen LogP contribution in [-0.2, 0) is 6.18 Å². The summed E-state index contributed by atoms with van der Waals surface area (Å²) in [5, 5.41) is 7.85. The molecule has 0 aliphatic heterocycles. The van der Waals surface area contributed by atoms with E-state index in [2.05, 4.69) is 10.4 Å². The zero-order chi connectivity index (χ0) is 17.2. The molecule has 0 spiro atoms. The standard InChI is InChI=1S/C14H11F4N3O2/c1-7(19-13(23)10-5-6-11(22)21-20-10)8-3-2-4-9(12(8)15)14(16,17)18/h2-7H,1H3,(H,19,23)(H,21,22)/t7-/m1/s1. The second-order valence-corrected chi connectivity index (χ2v) is 4.71. The number of carbonyl (C=O) groups excluding carboxylic acids is 1. The summed E-state index contributed by atoms with van der Waals surface area (Å²) in [4.78, 5) is 22.8.